The summed E-state index contributed by atoms with van der Waals surface area (Å²) in [5.74, 6) is 0.690. The Morgan fingerprint density at radius 3 is 2.58 bits per heavy atom. The fourth-order valence-electron chi connectivity index (χ4n) is 2.18. The number of nitrogens with one attached hydrogen (secondary N) is 2. The highest BCUT2D eigenvalue weighted by Gasteiger charge is 2.15. The number of carbonyl (C=O) groups is 1. The zero-order valence-corrected chi connectivity index (χ0v) is 15.2. The summed E-state index contributed by atoms with van der Waals surface area (Å²) in [6.45, 7) is 3.41. The number of quaternary nitrogens is 1. The fourth-order valence-corrected chi connectivity index (χ4v) is 2.64. The van der Waals surface area contributed by atoms with Gasteiger partial charge in [-0.1, -0.05) is 47.5 Å². The van der Waals surface area contributed by atoms with Crippen molar-refractivity contribution in [1.82, 2.24) is 0 Å². The first-order valence-electron chi connectivity index (χ1n) is 7.71. The number of carbonyl (C=O) groups excluding carboxylic acids is 1. The number of aryl methyl sites for hydroxylation is 1. The van der Waals surface area contributed by atoms with E-state index in [1.807, 2.05) is 50.4 Å². The van der Waals surface area contributed by atoms with Crippen molar-refractivity contribution >= 4 is 34.8 Å². The number of para-hydroxylation sites is 1. The quantitative estimate of drug-likeness (QED) is 0.789. The van der Waals surface area contributed by atoms with Gasteiger partial charge in [0.2, 0.25) is 0 Å². The molecule has 0 saturated carbocycles. The van der Waals surface area contributed by atoms with Crippen molar-refractivity contribution in [3.8, 4) is 5.75 Å². The van der Waals surface area contributed by atoms with Crippen LogP contribution in [0.1, 0.15) is 5.56 Å². The number of hydrogen-bond donors (Lipinski definition) is 2. The summed E-state index contributed by atoms with van der Waals surface area (Å²) in [5, 5.41) is 3.70. The van der Waals surface area contributed by atoms with Crippen LogP contribution in [-0.4, -0.2) is 32.7 Å². The van der Waals surface area contributed by atoms with Crippen LogP contribution in [-0.2, 0) is 4.79 Å². The Labute approximate surface area is 152 Å². The minimum atomic E-state index is -0.137. The van der Waals surface area contributed by atoms with E-state index >= 15 is 0 Å². The van der Waals surface area contributed by atoms with Gasteiger partial charge in [-0.25, -0.2) is 0 Å². The van der Waals surface area contributed by atoms with Crippen LogP contribution in [0.15, 0.2) is 42.5 Å². The third-order valence-electron chi connectivity index (χ3n) is 3.55. The summed E-state index contributed by atoms with van der Waals surface area (Å²) >= 11 is 12.3. The van der Waals surface area contributed by atoms with E-state index in [1.54, 1.807) is 6.07 Å². The molecule has 24 heavy (non-hydrogen) atoms. The number of hydrogen-bond acceptors (Lipinski definition) is 2. The Morgan fingerprint density at radius 1 is 1.17 bits per heavy atom. The minimum absolute atomic E-state index is 0.137. The molecule has 2 aromatic rings. The van der Waals surface area contributed by atoms with E-state index in [9.17, 15) is 4.79 Å². The van der Waals surface area contributed by atoms with Gasteiger partial charge in [-0.15, -0.1) is 0 Å². The normalized spacial score (nSPS) is 11.8. The van der Waals surface area contributed by atoms with E-state index in [4.69, 9.17) is 27.9 Å². The Bertz CT molecular complexity index is 693. The van der Waals surface area contributed by atoms with Crippen LogP contribution >= 0.6 is 23.2 Å². The van der Waals surface area contributed by atoms with E-state index < -0.39 is 0 Å². The highest BCUT2D eigenvalue weighted by atomic mass is 35.5. The molecule has 0 aliphatic rings. The second-order valence-electron chi connectivity index (χ2n) is 5.65. The third-order valence-corrected chi connectivity index (χ3v) is 4.35. The molecule has 2 rings (SSSR count). The fraction of sp³-hybridized carbons (Fsp3) is 0.278. The Balaban J connectivity index is 1.81. The first-order chi connectivity index (χ1) is 11.5. The van der Waals surface area contributed by atoms with Gasteiger partial charge in [0.1, 0.15) is 18.9 Å². The Hall–Kier alpha value is -1.75. The summed E-state index contributed by atoms with van der Waals surface area (Å²) in [6, 6.07) is 13.1. The Kier molecular flexibility index (Phi) is 6.91. The number of ether oxygens (including phenoxy) is 1. The van der Waals surface area contributed by atoms with E-state index in [0.717, 1.165) is 16.2 Å². The van der Waals surface area contributed by atoms with E-state index in [1.165, 1.54) is 0 Å². The summed E-state index contributed by atoms with van der Waals surface area (Å²) < 4.78 is 5.64. The summed E-state index contributed by atoms with van der Waals surface area (Å²) in [4.78, 5) is 13.2. The summed E-state index contributed by atoms with van der Waals surface area (Å²) in [5.41, 5.74) is 1.34. The van der Waals surface area contributed by atoms with Crippen molar-refractivity contribution in [2.45, 2.75) is 6.92 Å². The number of rotatable bonds is 7. The van der Waals surface area contributed by atoms with Crippen LogP contribution in [0.25, 0.3) is 0 Å². The molecule has 1 atom stereocenters. The van der Waals surface area contributed by atoms with E-state index in [0.29, 0.717) is 35.4 Å². The van der Waals surface area contributed by atoms with Gasteiger partial charge in [-0.05, 0) is 30.7 Å². The molecular formula is C18H21Cl2N2O2+. The first kappa shape index (κ1) is 18.6. The molecule has 2 N–H and O–H groups in total. The highest BCUT2D eigenvalue weighted by molar-refractivity contribution is 6.40. The molecule has 0 aliphatic carbocycles. The molecule has 0 saturated heterocycles. The molecule has 0 heterocycles. The predicted molar refractivity (Wildman–Crippen MR) is 98.4 cm³/mol. The Morgan fingerprint density at radius 2 is 1.88 bits per heavy atom. The van der Waals surface area contributed by atoms with Crippen molar-refractivity contribution in [2.75, 3.05) is 32.1 Å². The molecule has 0 bridgehead atoms. The maximum absolute atomic E-state index is 12.2. The lowest BCUT2D eigenvalue weighted by molar-refractivity contribution is -0.871. The van der Waals surface area contributed by atoms with Gasteiger partial charge >= 0.3 is 0 Å². The third kappa shape index (κ3) is 5.41. The van der Waals surface area contributed by atoms with Crippen LogP contribution in [0.4, 0.5) is 5.69 Å². The molecule has 0 fully saturated rings. The molecule has 0 aliphatic heterocycles. The van der Waals surface area contributed by atoms with Crippen molar-refractivity contribution in [1.29, 1.82) is 0 Å². The number of halogens is 2. The smallest absolute Gasteiger partial charge is 0.279 e. The molecule has 2 aromatic carbocycles. The SMILES string of the molecule is Cc1ccc(Cl)c(NC(=O)C[NH+](C)CCOc2ccccc2)c1Cl. The average molecular weight is 368 g/mol. The molecule has 0 aromatic heterocycles. The minimum Gasteiger partial charge on any atom is -0.488 e. The van der Waals surface area contributed by atoms with Gasteiger partial charge in [0.05, 0.1) is 22.8 Å². The van der Waals surface area contributed by atoms with Crippen molar-refractivity contribution in [2.24, 2.45) is 0 Å². The molecular weight excluding hydrogens is 347 g/mol. The van der Waals surface area contributed by atoms with Gasteiger partial charge in [0, 0.05) is 0 Å². The first-order valence-corrected chi connectivity index (χ1v) is 8.46. The van der Waals surface area contributed by atoms with Crippen LogP contribution in [0.2, 0.25) is 10.0 Å². The zero-order valence-electron chi connectivity index (χ0n) is 13.7. The van der Waals surface area contributed by atoms with Crippen molar-refractivity contribution in [3.05, 3.63) is 58.1 Å². The summed E-state index contributed by atoms with van der Waals surface area (Å²) in [7, 11) is 1.94. The second kappa shape index (κ2) is 8.92. The molecule has 0 spiro atoms. The van der Waals surface area contributed by atoms with Crippen LogP contribution < -0.4 is 15.0 Å². The molecule has 6 heteroatoms. The van der Waals surface area contributed by atoms with E-state index in [2.05, 4.69) is 5.32 Å². The maximum atomic E-state index is 12.2. The summed E-state index contributed by atoms with van der Waals surface area (Å²) in [6.07, 6.45) is 0. The molecule has 4 nitrogen and oxygen atoms in total. The number of anilines is 1. The van der Waals surface area contributed by atoms with Crippen molar-refractivity contribution < 1.29 is 14.4 Å². The van der Waals surface area contributed by atoms with Gasteiger partial charge in [-0.2, -0.15) is 0 Å². The van der Waals surface area contributed by atoms with Crippen LogP contribution in [0.3, 0.4) is 0 Å². The van der Waals surface area contributed by atoms with Gasteiger partial charge in [0.25, 0.3) is 5.91 Å². The lowest BCUT2D eigenvalue weighted by Crippen LogP contribution is -3.10. The molecule has 0 radical (unpaired) electrons. The van der Waals surface area contributed by atoms with Gasteiger partial charge in [-0.3, -0.25) is 4.79 Å². The number of benzene rings is 2. The second-order valence-corrected chi connectivity index (χ2v) is 6.43. The van der Waals surface area contributed by atoms with Gasteiger partial charge in [0.15, 0.2) is 6.54 Å². The molecule has 1 unspecified atom stereocenters. The standard InChI is InChI=1S/C18H20Cl2N2O2/c1-13-8-9-15(19)18(17(13)20)21-16(23)12-22(2)10-11-24-14-6-4-3-5-7-14/h3-9H,10-12H2,1-2H3,(H,21,23)/p+1. The van der Waals surface area contributed by atoms with Crippen molar-refractivity contribution in [3.63, 3.8) is 0 Å². The monoisotopic (exact) mass is 367 g/mol. The van der Waals surface area contributed by atoms with Gasteiger partial charge < -0.3 is 15.0 Å². The molecule has 128 valence electrons. The van der Waals surface area contributed by atoms with Crippen LogP contribution in [0, 0.1) is 6.92 Å². The number of amides is 1. The zero-order chi connectivity index (χ0) is 17.5. The lowest BCUT2D eigenvalue weighted by atomic mass is 10.2. The average Bonchev–Trinajstić information content (AvgIpc) is 2.56. The predicted octanol–water partition coefficient (Wildman–Crippen LogP) is 2.83. The topological polar surface area (TPSA) is 42.8 Å². The van der Waals surface area contributed by atoms with E-state index in [-0.39, 0.29) is 5.91 Å². The lowest BCUT2D eigenvalue weighted by Gasteiger charge is -2.15. The number of likely N-dealkylation sites (N-methyl/N-ethyl adjacent to an activating group) is 1. The molecule has 1 amide bonds. The van der Waals surface area contributed by atoms with Crippen LogP contribution in [0.5, 0.6) is 5.75 Å². The maximum Gasteiger partial charge on any atom is 0.279 e. The largest absolute Gasteiger partial charge is 0.488 e. The highest BCUT2D eigenvalue weighted by Crippen LogP contribution is 2.32.